The molecule has 6 heavy (non-hydrogen) atoms. The van der Waals surface area contributed by atoms with Crippen LogP contribution < -0.4 is 0 Å². The van der Waals surface area contributed by atoms with E-state index in [4.69, 9.17) is 0 Å². The molecule has 0 saturated carbocycles. The second-order valence-corrected chi connectivity index (χ2v) is 2.01. The first-order valence-electron chi connectivity index (χ1n) is 2.00. The van der Waals surface area contributed by atoms with Crippen molar-refractivity contribution in [2.45, 2.75) is 13.3 Å². The van der Waals surface area contributed by atoms with E-state index in [9.17, 15) is 4.32 Å². The van der Waals surface area contributed by atoms with Crippen LogP contribution in [0.2, 0.25) is 0 Å². The number of rotatable bonds is 2. The first-order chi connectivity index (χ1) is 2.91. The molecule has 0 spiro atoms. The summed E-state index contributed by atoms with van der Waals surface area (Å²) in [6.45, 7) is 2.72. The van der Waals surface area contributed by atoms with Crippen LogP contribution in [0.15, 0.2) is 0 Å². The van der Waals surface area contributed by atoms with Gasteiger partial charge in [-0.2, -0.15) is 0 Å². The number of hydrogen-bond acceptors (Lipinski definition) is 0. The van der Waals surface area contributed by atoms with Crippen LogP contribution in [0.5, 0.6) is 0 Å². The van der Waals surface area contributed by atoms with Gasteiger partial charge in [0.05, 0.1) is 0 Å². The first kappa shape index (κ1) is 6.29. The van der Waals surface area contributed by atoms with Crippen molar-refractivity contribution >= 4 is 15.0 Å². The Hall–Kier alpha value is 0.295. The Kier molecular flexibility index (Phi) is 5.56. The molecule has 0 nitrogen and oxygen atoms in total. The molecule has 3 heteroatoms. The third-order valence-corrected chi connectivity index (χ3v) is 1.27. The Balaban J connectivity index is 2.66. The van der Waals surface area contributed by atoms with Crippen molar-refractivity contribution in [3.05, 3.63) is 0 Å². The minimum absolute atomic E-state index is 0.684. The molecule has 0 radical (unpaired) electrons. The summed E-state index contributed by atoms with van der Waals surface area (Å²) in [4.78, 5) is 0. The normalized spacial score (nSPS) is 9.00. The monoisotopic (exact) mass is 104 g/mol. The van der Waals surface area contributed by atoms with Crippen molar-refractivity contribution in [3.8, 4) is 0 Å². The molecule has 0 saturated heterocycles. The van der Waals surface area contributed by atoms with E-state index in [2.05, 4.69) is 0 Å². The van der Waals surface area contributed by atoms with Crippen molar-refractivity contribution in [2.75, 3.05) is 6.16 Å². The van der Waals surface area contributed by atoms with E-state index in [1.807, 2.05) is 6.92 Å². The molecule has 0 fully saturated rings. The summed E-state index contributed by atoms with van der Waals surface area (Å²) in [7, 11) is 0.820. The van der Waals surface area contributed by atoms with Crippen molar-refractivity contribution < 1.29 is 4.32 Å². The molecule has 0 aromatic carbocycles. The van der Waals surface area contributed by atoms with Crippen LogP contribution in [0.3, 0.4) is 0 Å². The summed E-state index contributed by atoms with van der Waals surface area (Å²) in [5, 5.41) is 0. The maximum absolute atomic E-state index is 11.0. The fourth-order valence-electron chi connectivity index (χ4n) is 0.178. The molecule has 0 heterocycles. The van der Waals surface area contributed by atoms with Crippen molar-refractivity contribution in [3.63, 3.8) is 0 Å². The van der Waals surface area contributed by atoms with Crippen LogP contribution in [0.25, 0.3) is 0 Å². The molecule has 0 rings (SSSR count). The van der Waals surface area contributed by atoms with Crippen LogP contribution in [-0.4, -0.2) is 13.1 Å². The molecule has 0 aliphatic heterocycles. The van der Waals surface area contributed by atoms with Gasteiger partial charge < -0.3 is 0 Å². The molecule has 0 atom stereocenters. The molecule has 0 aliphatic rings. The predicted molar refractivity (Wildman–Crippen MR) is 28.9 cm³/mol. The molecular weight excluding hydrogens is 96.8 g/mol. The van der Waals surface area contributed by atoms with Crippen LogP contribution >= 0.6 is 8.07 Å². The second kappa shape index (κ2) is 5.29. The van der Waals surface area contributed by atoms with Gasteiger partial charge in [-0.05, 0) is 0 Å². The zero-order valence-corrected chi connectivity index (χ0v) is 4.71. The van der Waals surface area contributed by atoms with E-state index in [0.29, 0.717) is 6.90 Å². The van der Waals surface area contributed by atoms with Crippen molar-refractivity contribution in [2.24, 2.45) is 0 Å². The SMILES string of the molecule is CCCP=BF. The Bertz CT molecular complexity index is 46.1. The van der Waals surface area contributed by atoms with Gasteiger partial charge in [0.25, 0.3) is 0 Å². The first-order valence-corrected chi connectivity index (χ1v) is 3.15. The molecule has 0 amide bonds. The van der Waals surface area contributed by atoms with E-state index in [1.54, 1.807) is 0 Å². The van der Waals surface area contributed by atoms with Crippen LogP contribution in [0.4, 0.5) is 4.32 Å². The van der Waals surface area contributed by atoms with E-state index in [-0.39, 0.29) is 0 Å². The third kappa shape index (κ3) is 4.29. The zero-order chi connectivity index (χ0) is 4.83. The van der Waals surface area contributed by atoms with Crippen LogP contribution in [0, 0.1) is 0 Å². The van der Waals surface area contributed by atoms with Gasteiger partial charge in [-0.3, -0.25) is 0 Å². The molecule has 0 aromatic heterocycles. The Morgan fingerprint density at radius 1 is 1.83 bits per heavy atom. The molecular formula is C3H7BFP. The molecule has 0 N–H and O–H groups in total. The van der Waals surface area contributed by atoms with Gasteiger partial charge in [0, 0.05) is 0 Å². The molecule has 0 aromatic rings. The standard InChI is InChI=1S/C3H7BFP/c1-2-3-6-4-5/h2-3H2,1H3. The molecule has 0 aliphatic carbocycles. The summed E-state index contributed by atoms with van der Waals surface area (Å²) in [6, 6.07) is 0. The van der Waals surface area contributed by atoms with Gasteiger partial charge in [0.15, 0.2) is 0 Å². The Morgan fingerprint density at radius 3 is 2.67 bits per heavy atom. The summed E-state index contributed by atoms with van der Waals surface area (Å²) < 4.78 is 11.0. The third-order valence-electron chi connectivity index (χ3n) is 0.422. The quantitative estimate of drug-likeness (QED) is 0.370. The summed E-state index contributed by atoms with van der Waals surface area (Å²) in [5.74, 6) is 0. The summed E-state index contributed by atoms with van der Waals surface area (Å²) in [6.07, 6.45) is 2.03. The predicted octanol–water partition coefficient (Wildman–Crippen LogP) is 1.85. The summed E-state index contributed by atoms with van der Waals surface area (Å²) >= 11 is 0. The number of hydrogen-bond donors (Lipinski definition) is 0. The molecule has 34 valence electrons. The molecule has 0 unspecified atom stereocenters. The van der Waals surface area contributed by atoms with E-state index < -0.39 is 0 Å². The van der Waals surface area contributed by atoms with Crippen LogP contribution in [-0.2, 0) is 0 Å². The van der Waals surface area contributed by atoms with Crippen molar-refractivity contribution in [1.29, 1.82) is 0 Å². The van der Waals surface area contributed by atoms with Crippen molar-refractivity contribution in [1.82, 2.24) is 0 Å². The van der Waals surface area contributed by atoms with Gasteiger partial charge >= 0.3 is 38.8 Å². The Labute approximate surface area is 39.8 Å². The fraction of sp³-hybridized carbons (Fsp3) is 1.00. The zero-order valence-electron chi connectivity index (χ0n) is 3.82. The fourth-order valence-corrected chi connectivity index (χ4v) is 0.534. The minimum atomic E-state index is 0.684. The number of halogens is 1. The van der Waals surface area contributed by atoms with E-state index >= 15 is 0 Å². The Morgan fingerprint density at radius 2 is 2.50 bits per heavy atom. The topological polar surface area (TPSA) is 0 Å². The van der Waals surface area contributed by atoms with E-state index in [1.165, 1.54) is 0 Å². The van der Waals surface area contributed by atoms with Gasteiger partial charge in [-0.1, -0.05) is 0 Å². The van der Waals surface area contributed by atoms with Gasteiger partial charge in [-0.25, -0.2) is 0 Å². The summed E-state index contributed by atoms with van der Waals surface area (Å²) in [5.41, 5.74) is 0. The maximum atomic E-state index is 11.0. The average Bonchev–Trinajstić information content (AvgIpc) is 1.61. The van der Waals surface area contributed by atoms with Gasteiger partial charge in [0.2, 0.25) is 0 Å². The van der Waals surface area contributed by atoms with Crippen LogP contribution in [0.1, 0.15) is 13.3 Å². The molecule has 0 bridgehead atoms. The average molecular weight is 104 g/mol. The van der Waals surface area contributed by atoms with Gasteiger partial charge in [0.1, 0.15) is 0 Å². The van der Waals surface area contributed by atoms with Gasteiger partial charge in [-0.15, -0.1) is 0 Å². The van der Waals surface area contributed by atoms with E-state index in [0.717, 1.165) is 20.7 Å². The second-order valence-electron chi connectivity index (χ2n) is 1.00.